The summed E-state index contributed by atoms with van der Waals surface area (Å²) >= 11 is 5.95. The first kappa shape index (κ1) is 21.5. The molecular formula is C22H24ClF2NO3S. The summed E-state index contributed by atoms with van der Waals surface area (Å²) in [5, 5.41) is 3.84. The fourth-order valence-corrected chi connectivity index (χ4v) is 7.36. The third-order valence-corrected chi connectivity index (χ3v) is 9.14. The van der Waals surface area contributed by atoms with E-state index in [4.69, 9.17) is 16.3 Å². The van der Waals surface area contributed by atoms with Crippen LogP contribution in [0.3, 0.4) is 0 Å². The second-order valence-corrected chi connectivity index (χ2v) is 10.7. The van der Waals surface area contributed by atoms with E-state index in [0.717, 1.165) is 25.1 Å². The van der Waals surface area contributed by atoms with Crippen molar-refractivity contribution in [1.82, 2.24) is 5.32 Å². The van der Waals surface area contributed by atoms with Crippen LogP contribution in [0, 0.1) is 17.6 Å². The maximum atomic E-state index is 15.1. The average molecular weight is 456 g/mol. The maximum Gasteiger partial charge on any atom is 0.188 e. The number of nitrogens with one attached hydrogen (secondary N) is 1. The third-order valence-electron chi connectivity index (χ3n) is 6.29. The average Bonchev–Trinajstić information content (AvgIpc) is 2.74. The molecule has 3 atom stereocenters. The van der Waals surface area contributed by atoms with Gasteiger partial charge in [0, 0.05) is 17.0 Å². The quantitative estimate of drug-likeness (QED) is 0.700. The molecule has 0 radical (unpaired) electrons. The highest BCUT2D eigenvalue weighted by atomic mass is 35.5. The lowest BCUT2D eigenvalue weighted by Gasteiger charge is -2.49. The van der Waals surface area contributed by atoms with Gasteiger partial charge in [0.05, 0.1) is 17.1 Å². The first-order chi connectivity index (χ1) is 14.3. The SMILES string of the molecule is CCCN[C@@H]1CC[C@@]2(S(=O)(=O)c3ccc(Cl)cc3)c3c(F)ccc(F)c3OC[C@H]2C1. The fraction of sp³-hybridized carbons (Fsp3) is 0.455. The largest absolute Gasteiger partial charge is 0.490 e. The molecule has 30 heavy (non-hydrogen) atoms. The van der Waals surface area contributed by atoms with E-state index in [1.807, 2.05) is 0 Å². The molecule has 1 aliphatic heterocycles. The number of ether oxygens (including phenoxy) is 1. The van der Waals surface area contributed by atoms with Crippen molar-refractivity contribution < 1.29 is 21.9 Å². The minimum atomic E-state index is -4.07. The molecule has 1 N–H and O–H groups in total. The van der Waals surface area contributed by atoms with Crippen molar-refractivity contribution in [2.75, 3.05) is 13.2 Å². The second kappa shape index (κ2) is 8.09. The summed E-state index contributed by atoms with van der Waals surface area (Å²) in [6.07, 6.45) is 2.18. The van der Waals surface area contributed by atoms with Gasteiger partial charge in [-0.1, -0.05) is 18.5 Å². The van der Waals surface area contributed by atoms with Crippen molar-refractivity contribution in [2.45, 2.75) is 48.3 Å². The Kier molecular flexibility index (Phi) is 5.81. The molecule has 2 aromatic carbocycles. The minimum absolute atomic E-state index is 0.0184. The normalized spacial score (nSPS) is 25.9. The van der Waals surface area contributed by atoms with Crippen LogP contribution >= 0.6 is 11.6 Å². The van der Waals surface area contributed by atoms with Crippen molar-refractivity contribution in [2.24, 2.45) is 5.92 Å². The Labute approximate surface area is 180 Å². The molecule has 0 amide bonds. The van der Waals surface area contributed by atoms with E-state index in [0.29, 0.717) is 17.9 Å². The highest BCUT2D eigenvalue weighted by Gasteiger charge is 2.59. The standard InChI is InChI=1S/C22H24ClF2NO3S/c1-2-11-26-16-9-10-22(30(27,28)17-5-3-15(23)4-6-17)14(12-16)13-29-21-19(25)8-7-18(24)20(21)22/h3-8,14,16,26H,2,9-13H2,1H3/t14-,16-,22+/m1/s1. The molecular weight excluding hydrogens is 432 g/mol. The van der Waals surface area contributed by atoms with Crippen LogP contribution in [0.25, 0.3) is 0 Å². The Balaban J connectivity index is 1.90. The van der Waals surface area contributed by atoms with Gasteiger partial charge in [-0.2, -0.15) is 0 Å². The van der Waals surface area contributed by atoms with Crippen LogP contribution in [0.1, 0.15) is 38.2 Å². The van der Waals surface area contributed by atoms with E-state index in [9.17, 15) is 12.8 Å². The van der Waals surface area contributed by atoms with Crippen LogP contribution in [-0.2, 0) is 14.6 Å². The Morgan fingerprint density at radius 2 is 1.87 bits per heavy atom. The Morgan fingerprint density at radius 3 is 2.57 bits per heavy atom. The molecule has 1 saturated carbocycles. The number of halogens is 3. The summed E-state index contributed by atoms with van der Waals surface area (Å²) < 4.78 is 61.7. The summed E-state index contributed by atoms with van der Waals surface area (Å²) in [4.78, 5) is 0.0494. The molecule has 0 spiro atoms. The van der Waals surface area contributed by atoms with Crippen LogP contribution in [0.15, 0.2) is 41.3 Å². The van der Waals surface area contributed by atoms with Gasteiger partial charge < -0.3 is 10.1 Å². The van der Waals surface area contributed by atoms with Crippen molar-refractivity contribution in [3.8, 4) is 5.75 Å². The topological polar surface area (TPSA) is 55.4 Å². The highest BCUT2D eigenvalue weighted by molar-refractivity contribution is 7.92. The summed E-state index contributed by atoms with van der Waals surface area (Å²) in [5.41, 5.74) is -0.178. The highest BCUT2D eigenvalue weighted by Crippen LogP contribution is 2.56. The molecule has 1 fully saturated rings. The van der Waals surface area contributed by atoms with E-state index in [1.54, 1.807) is 0 Å². The van der Waals surface area contributed by atoms with Crippen molar-refractivity contribution >= 4 is 21.4 Å². The molecule has 4 nitrogen and oxygen atoms in total. The van der Waals surface area contributed by atoms with E-state index in [1.165, 1.54) is 24.3 Å². The molecule has 8 heteroatoms. The molecule has 0 bridgehead atoms. The number of hydrogen-bond acceptors (Lipinski definition) is 4. The summed E-state index contributed by atoms with van der Waals surface area (Å²) in [6.45, 7) is 2.89. The summed E-state index contributed by atoms with van der Waals surface area (Å²) in [7, 11) is -4.07. The van der Waals surface area contributed by atoms with Gasteiger partial charge in [-0.05, 0) is 68.6 Å². The monoisotopic (exact) mass is 455 g/mol. The zero-order chi connectivity index (χ0) is 21.5. The number of fused-ring (bicyclic) bond motifs is 3. The van der Waals surface area contributed by atoms with Crippen molar-refractivity contribution in [3.05, 3.63) is 58.6 Å². The first-order valence-electron chi connectivity index (χ1n) is 10.2. The van der Waals surface area contributed by atoms with Gasteiger partial charge in [-0.25, -0.2) is 17.2 Å². The lowest BCUT2D eigenvalue weighted by molar-refractivity contribution is 0.108. The summed E-state index contributed by atoms with van der Waals surface area (Å²) in [5.74, 6) is -2.30. The van der Waals surface area contributed by atoms with Crippen molar-refractivity contribution in [1.29, 1.82) is 0 Å². The zero-order valence-corrected chi connectivity index (χ0v) is 18.2. The van der Waals surface area contributed by atoms with Crippen molar-refractivity contribution in [3.63, 3.8) is 0 Å². The maximum absolute atomic E-state index is 15.1. The first-order valence-corrected chi connectivity index (χ1v) is 12.0. The van der Waals surface area contributed by atoms with Crippen LogP contribution in [0.5, 0.6) is 5.75 Å². The van der Waals surface area contributed by atoms with Gasteiger partial charge in [0.2, 0.25) is 0 Å². The second-order valence-electron chi connectivity index (χ2n) is 8.01. The predicted octanol–water partition coefficient (Wildman–Crippen LogP) is 4.85. The van der Waals surface area contributed by atoms with Crippen LogP contribution in [0.4, 0.5) is 8.78 Å². The third kappa shape index (κ3) is 3.31. The molecule has 162 valence electrons. The smallest absolute Gasteiger partial charge is 0.188 e. The number of sulfone groups is 1. The lowest BCUT2D eigenvalue weighted by atomic mass is 9.71. The molecule has 0 unspecified atom stereocenters. The molecule has 4 rings (SSSR count). The van der Waals surface area contributed by atoms with E-state index in [2.05, 4.69) is 12.2 Å². The number of rotatable bonds is 5. The van der Waals surface area contributed by atoms with E-state index < -0.39 is 32.1 Å². The molecule has 0 aromatic heterocycles. The van der Waals surface area contributed by atoms with E-state index >= 15 is 4.39 Å². The lowest BCUT2D eigenvalue weighted by Crippen LogP contribution is -2.55. The molecule has 1 heterocycles. The van der Waals surface area contributed by atoms with Gasteiger partial charge in [0.1, 0.15) is 10.6 Å². The Hall–Kier alpha value is -1.70. The van der Waals surface area contributed by atoms with Gasteiger partial charge >= 0.3 is 0 Å². The number of hydrogen-bond donors (Lipinski definition) is 1. The predicted molar refractivity (Wildman–Crippen MR) is 112 cm³/mol. The molecule has 2 aromatic rings. The summed E-state index contributed by atoms with van der Waals surface area (Å²) in [6, 6.07) is 7.92. The Bertz CT molecular complexity index is 1050. The number of benzene rings is 2. The minimum Gasteiger partial charge on any atom is -0.490 e. The van der Waals surface area contributed by atoms with Gasteiger partial charge in [-0.3, -0.25) is 0 Å². The van der Waals surface area contributed by atoms with E-state index in [-0.39, 0.29) is 35.3 Å². The van der Waals surface area contributed by atoms with Gasteiger partial charge in [0.15, 0.2) is 21.4 Å². The van der Waals surface area contributed by atoms with Gasteiger partial charge in [0.25, 0.3) is 0 Å². The fourth-order valence-electron chi connectivity index (χ4n) is 4.87. The Morgan fingerprint density at radius 1 is 1.17 bits per heavy atom. The zero-order valence-electron chi connectivity index (χ0n) is 16.6. The molecule has 2 aliphatic rings. The molecule has 0 saturated heterocycles. The van der Waals surface area contributed by atoms with Crippen LogP contribution in [0.2, 0.25) is 5.02 Å². The van der Waals surface area contributed by atoms with Crippen LogP contribution < -0.4 is 10.1 Å². The van der Waals surface area contributed by atoms with Gasteiger partial charge in [-0.15, -0.1) is 0 Å². The van der Waals surface area contributed by atoms with Crippen LogP contribution in [-0.4, -0.2) is 27.6 Å². The molecule has 1 aliphatic carbocycles.